The van der Waals surface area contributed by atoms with Gasteiger partial charge in [0.1, 0.15) is 0 Å². The van der Waals surface area contributed by atoms with Crippen molar-refractivity contribution in [1.82, 2.24) is 19.3 Å². The molecule has 0 unspecified atom stereocenters. The van der Waals surface area contributed by atoms with Gasteiger partial charge in [0.15, 0.2) is 0 Å². The van der Waals surface area contributed by atoms with Crippen LogP contribution >= 0.6 is 0 Å². The predicted molar refractivity (Wildman–Crippen MR) is 78.7 cm³/mol. The molecule has 1 aromatic carbocycles. The summed E-state index contributed by atoms with van der Waals surface area (Å²) in [6, 6.07) is 6.43. The minimum absolute atomic E-state index is 0.985. The maximum Gasteiger partial charge on any atom is 0.214 e. The monoisotopic (exact) mass is 256 g/mol. The van der Waals surface area contributed by atoms with E-state index in [1.165, 1.54) is 16.8 Å². The minimum atomic E-state index is 0.985. The topological polar surface area (TPSA) is 34.3 Å². The van der Waals surface area contributed by atoms with Gasteiger partial charge < -0.3 is 9.88 Å². The minimum Gasteiger partial charge on any atom is -0.319 e. The van der Waals surface area contributed by atoms with Gasteiger partial charge >= 0.3 is 0 Å². The van der Waals surface area contributed by atoms with E-state index in [0.717, 1.165) is 30.7 Å². The molecule has 0 bridgehead atoms. The van der Waals surface area contributed by atoms with Crippen LogP contribution in [0.4, 0.5) is 0 Å². The average molecular weight is 256 g/mol. The molecule has 0 fully saturated rings. The molecular weight excluding hydrogens is 236 g/mol. The molecule has 1 N–H and O–H groups in total. The van der Waals surface area contributed by atoms with E-state index in [2.05, 4.69) is 52.7 Å². The van der Waals surface area contributed by atoms with Crippen molar-refractivity contribution in [2.24, 2.45) is 7.05 Å². The van der Waals surface area contributed by atoms with Crippen molar-refractivity contribution in [3.8, 4) is 0 Å². The van der Waals surface area contributed by atoms with E-state index in [0.29, 0.717) is 0 Å². The molecule has 0 aliphatic carbocycles. The molecule has 0 aliphatic rings. The van der Waals surface area contributed by atoms with Gasteiger partial charge in [0.2, 0.25) is 5.78 Å². The van der Waals surface area contributed by atoms with Gasteiger partial charge in [-0.1, -0.05) is 19.1 Å². The van der Waals surface area contributed by atoms with Crippen LogP contribution in [-0.2, 0) is 19.9 Å². The van der Waals surface area contributed by atoms with Crippen LogP contribution < -0.4 is 5.32 Å². The fourth-order valence-electron chi connectivity index (χ4n) is 2.66. The molecule has 4 nitrogen and oxygen atoms in total. The molecule has 0 saturated heterocycles. The number of aryl methyl sites for hydroxylation is 2. The fourth-order valence-corrected chi connectivity index (χ4v) is 2.66. The number of para-hydroxylation sites is 1. The van der Waals surface area contributed by atoms with Crippen molar-refractivity contribution in [1.29, 1.82) is 0 Å². The Morgan fingerprint density at radius 3 is 2.89 bits per heavy atom. The number of aromatic nitrogens is 3. The lowest BCUT2D eigenvalue weighted by Crippen LogP contribution is -2.12. The van der Waals surface area contributed by atoms with Gasteiger partial charge in [-0.25, -0.2) is 4.98 Å². The van der Waals surface area contributed by atoms with E-state index in [1.807, 2.05) is 7.05 Å². The number of imidazole rings is 2. The normalized spacial score (nSPS) is 11.7. The Kier molecular flexibility index (Phi) is 3.03. The molecule has 0 saturated carbocycles. The van der Waals surface area contributed by atoms with Crippen molar-refractivity contribution in [3.05, 3.63) is 35.7 Å². The summed E-state index contributed by atoms with van der Waals surface area (Å²) in [5.41, 5.74) is 4.97. The van der Waals surface area contributed by atoms with E-state index in [4.69, 9.17) is 4.98 Å². The van der Waals surface area contributed by atoms with Crippen LogP contribution in [0.3, 0.4) is 0 Å². The molecule has 0 atom stereocenters. The molecule has 0 spiro atoms. The van der Waals surface area contributed by atoms with Crippen LogP contribution in [0, 0.1) is 0 Å². The summed E-state index contributed by atoms with van der Waals surface area (Å²) in [6.07, 6.45) is 4.25. The van der Waals surface area contributed by atoms with Gasteiger partial charge in [-0.05, 0) is 25.1 Å². The summed E-state index contributed by atoms with van der Waals surface area (Å²) < 4.78 is 4.40. The molecule has 2 heterocycles. The zero-order chi connectivity index (χ0) is 13.4. The fraction of sp³-hybridized carbons (Fsp3) is 0.400. The summed E-state index contributed by atoms with van der Waals surface area (Å²) in [4.78, 5) is 4.82. The summed E-state index contributed by atoms with van der Waals surface area (Å²) in [7, 11) is 4.08. The third-order valence-corrected chi connectivity index (χ3v) is 3.81. The first kappa shape index (κ1) is 12.2. The number of hydrogen-bond donors (Lipinski definition) is 1. The van der Waals surface area contributed by atoms with E-state index < -0.39 is 0 Å². The number of hydrogen-bond acceptors (Lipinski definition) is 2. The van der Waals surface area contributed by atoms with Crippen LogP contribution in [-0.4, -0.2) is 27.5 Å². The molecule has 0 aliphatic heterocycles. The molecule has 3 rings (SSSR count). The molecule has 4 heteroatoms. The number of nitrogens with zero attached hydrogens (tertiary/aromatic N) is 3. The highest BCUT2D eigenvalue weighted by molar-refractivity contribution is 5.83. The van der Waals surface area contributed by atoms with Gasteiger partial charge in [0.25, 0.3) is 0 Å². The van der Waals surface area contributed by atoms with Crippen molar-refractivity contribution in [2.75, 3.05) is 13.6 Å². The highest BCUT2D eigenvalue weighted by Gasteiger charge is 2.12. The summed E-state index contributed by atoms with van der Waals surface area (Å²) >= 11 is 0. The number of nitrogens with one attached hydrogen (secondary N) is 1. The zero-order valence-corrected chi connectivity index (χ0v) is 11.8. The predicted octanol–water partition coefficient (Wildman–Crippen LogP) is 2.15. The van der Waals surface area contributed by atoms with Crippen molar-refractivity contribution in [2.45, 2.75) is 19.8 Å². The Balaban J connectivity index is 2.21. The highest BCUT2D eigenvalue weighted by atomic mass is 15.2. The first-order valence-electron chi connectivity index (χ1n) is 6.85. The van der Waals surface area contributed by atoms with Crippen LogP contribution in [0.25, 0.3) is 16.8 Å². The van der Waals surface area contributed by atoms with Crippen molar-refractivity contribution in [3.63, 3.8) is 0 Å². The molecule has 100 valence electrons. The number of fused-ring (bicyclic) bond motifs is 3. The number of benzene rings is 1. The summed E-state index contributed by atoms with van der Waals surface area (Å²) in [5.74, 6) is 1.03. The second-order valence-electron chi connectivity index (χ2n) is 4.95. The van der Waals surface area contributed by atoms with E-state index >= 15 is 0 Å². The van der Waals surface area contributed by atoms with Gasteiger partial charge in [0.05, 0.1) is 11.0 Å². The largest absolute Gasteiger partial charge is 0.319 e. The smallest absolute Gasteiger partial charge is 0.214 e. The van der Waals surface area contributed by atoms with Gasteiger partial charge in [-0.3, -0.25) is 4.40 Å². The SMILES string of the molecule is CCc1cccc2c1nc1n(C)c(CCNC)cn21. The first-order valence-corrected chi connectivity index (χ1v) is 6.85. The standard InChI is InChI=1S/C15H20N4/c1-4-11-6-5-7-13-14(11)17-15-18(3)12(8-9-16-2)10-19(13)15/h5-7,10,16H,4,8-9H2,1-3H3. The molecule has 3 aromatic rings. The third kappa shape index (κ3) is 1.83. The maximum absolute atomic E-state index is 4.82. The Bertz CT molecular complexity index is 720. The van der Waals surface area contributed by atoms with Gasteiger partial charge in [0, 0.05) is 31.9 Å². The first-order chi connectivity index (χ1) is 9.26. The zero-order valence-electron chi connectivity index (χ0n) is 11.8. The Morgan fingerprint density at radius 2 is 2.16 bits per heavy atom. The van der Waals surface area contributed by atoms with Gasteiger partial charge in [-0.15, -0.1) is 0 Å². The molecule has 0 radical (unpaired) electrons. The lowest BCUT2D eigenvalue weighted by Gasteiger charge is -2.01. The Morgan fingerprint density at radius 1 is 1.32 bits per heavy atom. The maximum atomic E-state index is 4.82. The molecule has 2 aromatic heterocycles. The van der Waals surface area contributed by atoms with Crippen LogP contribution in [0.5, 0.6) is 0 Å². The van der Waals surface area contributed by atoms with Crippen LogP contribution in [0.2, 0.25) is 0 Å². The lowest BCUT2D eigenvalue weighted by atomic mass is 10.1. The number of rotatable bonds is 4. The van der Waals surface area contributed by atoms with Gasteiger partial charge in [-0.2, -0.15) is 0 Å². The molecular formula is C15H20N4. The third-order valence-electron chi connectivity index (χ3n) is 3.81. The Hall–Kier alpha value is -1.81. The van der Waals surface area contributed by atoms with Crippen molar-refractivity contribution < 1.29 is 0 Å². The van der Waals surface area contributed by atoms with E-state index in [-0.39, 0.29) is 0 Å². The van der Waals surface area contributed by atoms with Crippen molar-refractivity contribution >= 4 is 16.8 Å². The Labute approximate surface area is 113 Å². The number of likely N-dealkylation sites (N-methyl/N-ethyl adjacent to an activating group) is 1. The van der Waals surface area contributed by atoms with E-state index in [1.54, 1.807) is 0 Å². The van der Waals surface area contributed by atoms with Crippen LogP contribution in [0.1, 0.15) is 18.2 Å². The second kappa shape index (κ2) is 4.70. The van der Waals surface area contributed by atoms with Crippen LogP contribution in [0.15, 0.2) is 24.4 Å². The summed E-state index contributed by atoms with van der Waals surface area (Å²) in [5, 5.41) is 3.19. The quantitative estimate of drug-likeness (QED) is 0.776. The van der Waals surface area contributed by atoms with E-state index in [9.17, 15) is 0 Å². The molecule has 19 heavy (non-hydrogen) atoms. The molecule has 0 amide bonds. The lowest BCUT2D eigenvalue weighted by molar-refractivity contribution is 0.744. The average Bonchev–Trinajstić information content (AvgIpc) is 2.94. The summed E-state index contributed by atoms with van der Waals surface area (Å²) in [6.45, 7) is 3.16. The second-order valence-corrected chi connectivity index (χ2v) is 4.95. The highest BCUT2D eigenvalue weighted by Crippen LogP contribution is 2.22.